The van der Waals surface area contributed by atoms with Crippen LogP contribution in [0.5, 0.6) is 5.88 Å². The van der Waals surface area contributed by atoms with Crippen molar-refractivity contribution < 1.29 is 14.3 Å². The number of aromatic nitrogens is 3. The molecule has 3 rings (SSSR count). The van der Waals surface area contributed by atoms with E-state index in [1.165, 1.54) is 6.20 Å². The lowest BCUT2D eigenvalue weighted by Gasteiger charge is -2.28. The topological polar surface area (TPSA) is 92.7 Å². The number of morpholine rings is 1. The second kappa shape index (κ2) is 8.63. The maximum Gasteiger partial charge on any atom is 0.257 e. The molecule has 0 radical (unpaired) electrons. The molecule has 144 valence electrons. The molecule has 0 unspecified atom stereocenters. The number of carbonyl (C=O) groups is 1. The summed E-state index contributed by atoms with van der Waals surface area (Å²) in [4.78, 5) is 29.6. The molecule has 27 heavy (non-hydrogen) atoms. The summed E-state index contributed by atoms with van der Waals surface area (Å²) in [6.45, 7) is 5.21. The number of carbonyl (C=O) groups excluding carboxylic acids is 1. The Morgan fingerprint density at radius 1 is 1.26 bits per heavy atom. The highest BCUT2D eigenvalue weighted by Crippen LogP contribution is 2.24. The Kier molecular flexibility index (Phi) is 6.02. The molecule has 1 aliphatic rings. The number of anilines is 3. The summed E-state index contributed by atoms with van der Waals surface area (Å²) in [6, 6.07) is 3.34. The Bertz CT molecular complexity index is 775. The second-order valence-electron chi connectivity index (χ2n) is 6.17. The smallest absolute Gasteiger partial charge is 0.257 e. The van der Waals surface area contributed by atoms with Crippen LogP contribution in [0.25, 0.3) is 0 Å². The highest BCUT2D eigenvalue weighted by Gasteiger charge is 2.18. The van der Waals surface area contributed by atoms with Crippen molar-refractivity contribution in [2.75, 3.05) is 62.1 Å². The molecule has 0 atom stereocenters. The van der Waals surface area contributed by atoms with Gasteiger partial charge in [0.15, 0.2) is 5.82 Å². The summed E-state index contributed by atoms with van der Waals surface area (Å²) in [5, 5.41) is 2.86. The van der Waals surface area contributed by atoms with Gasteiger partial charge >= 0.3 is 0 Å². The van der Waals surface area contributed by atoms with E-state index in [0.717, 1.165) is 13.1 Å². The van der Waals surface area contributed by atoms with E-state index in [9.17, 15) is 4.79 Å². The molecule has 0 saturated carbocycles. The summed E-state index contributed by atoms with van der Waals surface area (Å²) in [5.74, 6) is 1.47. The lowest BCUT2D eigenvalue weighted by Crippen LogP contribution is -2.37. The first-order valence-electron chi connectivity index (χ1n) is 8.85. The fourth-order valence-electron chi connectivity index (χ4n) is 2.65. The first-order valence-corrected chi connectivity index (χ1v) is 8.85. The third kappa shape index (κ3) is 4.62. The van der Waals surface area contributed by atoms with Gasteiger partial charge in [0.2, 0.25) is 11.8 Å². The van der Waals surface area contributed by atoms with Gasteiger partial charge in [0, 0.05) is 39.4 Å². The van der Waals surface area contributed by atoms with Crippen LogP contribution in [0.2, 0.25) is 0 Å². The number of pyridine rings is 1. The standard InChI is InChI=1S/C18H24N6O3/c1-4-27-15-6-5-13(11-19-15)17(25)21-14-12-20-18(22-16(14)23(2)3)24-7-9-26-10-8-24/h5-6,11-12H,4,7-10H2,1-3H3,(H,21,25). The molecule has 3 heterocycles. The zero-order chi connectivity index (χ0) is 19.2. The highest BCUT2D eigenvalue weighted by atomic mass is 16.5. The van der Waals surface area contributed by atoms with Crippen LogP contribution in [0.3, 0.4) is 0 Å². The Labute approximate surface area is 158 Å². The zero-order valence-corrected chi connectivity index (χ0v) is 15.8. The Hall–Kier alpha value is -2.94. The van der Waals surface area contributed by atoms with E-state index >= 15 is 0 Å². The minimum Gasteiger partial charge on any atom is -0.478 e. The number of rotatable bonds is 6. The highest BCUT2D eigenvalue weighted by molar-refractivity contribution is 6.05. The Morgan fingerprint density at radius 2 is 2.04 bits per heavy atom. The first-order chi connectivity index (χ1) is 13.1. The molecule has 1 N–H and O–H groups in total. The molecule has 0 bridgehead atoms. The Balaban J connectivity index is 1.77. The van der Waals surface area contributed by atoms with Gasteiger partial charge in [-0.1, -0.05) is 0 Å². The Morgan fingerprint density at radius 3 is 2.67 bits per heavy atom. The third-order valence-corrected chi connectivity index (χ3v) is 4.01. The van der Waals surface area contributed by atoms with Crippen molar-refractivity contribution >= 4 is 23.4 Å². The molecule has 0 aromatic carbocycles. The van der Waals surface area contributed by atoms with E-state index in [1.807, 2.05) is 25.9 Å². The van der Waals surface area contributed by atoms with Crippen LogP contribution in [-0.4, -0.2) is 67.9 Å². The summed E-state index contributed by atoms with van der Waals surface area (Å²) < 4.78 is 10.7. The lowest BCUT2D eigenvalue weighted by atomic mass is 10.2. The largest absolute Gasteiger partial charge is 0.478 e. The van der Waals surface area contributed by atoms with E-state index in [-0.39, 0.29) is 5.91 Å². The van der Waals surface area contributed by atoms with Crippen molar-refractivity contribution in [2.24, 2.45) is 0 Å². The molecule has 1 fully saturated rings. The van der Waals surface area contributed by atoms with Gasteiger partial charge in [0.05, 0.1) is 31.6 Å². The van der Waals surface area contributed by atoms with Crippen LogP contribution < -0.4 is 19.9 Å². The average molecular weight is 372 g/mol. The SMILES string of the molecule is CCOc1ccc(C(=O)Nc2cnc(N3CCOCC3)nc2N(C)C)cn1. The monoisotopic (exact) mass is 372 g/mol. The average Bonchev–Trinajstić information content (AvgIpc) is 2.69. The fourth-order valence-corrected chi connectivity index (χ4v) is 2.65. The second-order valence-corrected chi connectivity index (χ2v) is 6.17. The van der Waals surface area contributed by atoms with Gasteiger partial charge in [-0.15, -0.1) is 0 Å². The number of hydrogen-bond acceptors (Lipinski definition) is 8. The fraction of sp³-hybridized carbons (Fsp3) is 0.444. The van der Waals surface area contributed by atoms with Crippen molar-refractivity contribution in [1.82, 2.24) is 15.0 Å². The molecule has 0 spiro atoms. The van der Waals surface area contributed by atoms with Gasteiger partial charge in [-0.3, -0.25) is 4.79 Å². The predicted molar refractivity (Wildman–Crippen MR) is 103 cm³/mol. The summed E-state index contributed by atoms with van der Waals surface area (Å²) in [6.07, 6.45) is 3.12. The van der Waals surface area contributed by atoms with Gasteiger partial charge in [-0.2, -0.15) is 4.98 Å². The van der Waals surface area contributed by atoms with Crippen molar-refractivity contribution in [2.45, 2.75) is 6.92 Å². The van der Waals surface area contributed by atoms with Crippen LogP contribution in [0.4, 0.5) is 17.5 Å². The number of nitrogens with one attached hydrogen (secondary N) is 1. The van der Waals surface area contributed by atoms with E-state index in [0.29, 0.717) is 48.7 Å². The first kappa shape index (κ1) is 18.8. The molecule has 2 aromatic rings. The molecule has 1 amide bonds. The maximum absolute atomic E-state index is 12.6. The van der Waals surface area contributed by atoms with Crippen LogP contribution in [0.1, 0.15) is 17.3 Å². The molecule has 2 aromatic heterocycles. The minimum atomic E-state index is -0.281. The van der Waals surface area contributed by atoms with Crippen LogP contribution in [0.15, 0.2) is 24.5 Å². The number of hydrogen-bond donors (Lipinski definition) is 1. The normalized spacial score (nSPS) is 14.0. The van der Waals surface area contributed by atoms with E-state index in [1.54, 1.807) is 18.3 Å². The third-order valence-electron chi connectivity index (χ3n) is 4.01. The van der Waals surface area contributed by atoms with Crippen molar-refractivity contribution in [3.63, 3.8) is 0 Å². The van der Waals surface area contributed by atoms with Gasteiger partial charge in [-0.05, 0) is 13.0 Å². The van der Waals surface area contributed by atoms with Gasteiger partial charge in [0.25, 0.3) is 5.91 Å². The number of ether oxygens (including phenoxy) is 2. The quantitative estimate of drug-likeness (QED) is 0.814. The summed E-state index contributed by atoms with van der Waals surface area (Å²) in [7, 11) is 3.75. The van der Waals surface area contributed by atoms with Crippen molar-refractivity contribution in [1.29, 1.82) is 0 Å². The van der Waals surface area contributed by atoms with Crippen LogP contribution >= 0.6 is 0 Å². The summed E-state index contributed by atoms with van der Waals surface area (Å²) in [5.41, 5.74) is 0.969. The maximum atomic E-state index is 12.6. The van der Waals surface area contributed by atoms with Gasteiger partial charge in [-0.25, -0.2) is 9.97 Å². The van der Waals surface area contributed by atoms with Crippen molar-refractivity contribution in [3.8, 4) is 5.88 Å². The van der Waals surface area contributed by atoms with Gasteiger partial charge in [0.1, 0.15) is 5.69 Å². The molecular formula is C18H24N6O3. The number of nitrogens with zero attached hydrogens (tertiary/aromatic N) is 5. The number of amides is 1. The molecule has 0 aliphatic carbocycles. The molecule has 9 nitrogen and oxygen atoms in total. The molecule has 9 heteroatoms. The molecular weight excluding hydrogens is 348 g/mol. The predicted octanol–water partition coefficient (Wildman–Crippen LogP) is 1.43. The summed E-state index contributed by atoms with van der Waals surface area (Å²) >= 11 is 0. The van der Waals surface area contributed by atoms with Crippen molar-refractivity contribution in [3.05, 3.63) is 30.1 Å². The van der Waals surface area contributed by atoms with Crippen LogP contribution in [0, 0.1) is 0 Å². The van der Waals surface area contributed by atoms with E-state index in [2.05, 4.69) is 25.2 Å². The zero-order valence-electron chi connectivity index (χ0n) is 15.8. The minimum absolute atomic E-state index is 0.281. The van der Waals surface area contributed by atoms with Crippen LogP contribution in [-0.2, 0) is 4.74 Å². The van der Waals surface area contributed by atoms with Gasteiger partial charge < -0.3 is 24.6 Å². The molecule has 1 aliphatic heterocycles. The van der Waals surface area contributed by atoms with E-state index < -0.39 is 0 Å². The van der Waals surface area contributed by atoms with E-state index in [4.69, 9.17) is 9.47 Å². The lowest BCUT2D eigenvalue weighted by molar-refractivity contribution is 0.102. The molecule has 1 saturated heterocycles.